The lowest BCUT2D eigenvalue weighted by molar-refractivity contribution is 0.570. The van der Waals surface area contributed by atoms with Gasteiger partial charge in [-0.2, -0.15) is 0 Å². The second-order valence-corrected chi connectivity index (χ2v) is 8.67. The van der Waals surface area contributed by atoms with Gasteiger partial charge in [0, 0.05) is 10.0 Å². The van der Waals surface area contributed by atoms with Crippen molar-refractivity contribution in [3.8, 4) is 11.1 Å². The molecule has 0 bridgehead atoms. The third-order valence-electron chi connectivity index (χ3n) is 3.84. The Balaban J connectivity index is 2.79. The van der Waals surface area contributed by atoms with Crippen molar-refractivity contribution in [1.82, 2.24) is 0 Å². The molecule has 0 N–H and O–H groups in total. The summed E-state index contributed by atoms with van der Waals surface area (Å²) in [5.41, 5.74) is 4.61. The minimum atomic E-state index is -0.0456. The second kappa shape index (κ2) is 5.91. The first-order valence-electron chi connectivity index (χ1n) is 7.61. The average Bonchev–Trinajstić information content (AvgIpc) is 2.35. The second-order valence-electron chi connectivity index (χ2n) is 7.86. The lowest BCUT2D eigenvalue weighted by Gasteiger charge is -2.30. The van der Waals surface area contributed by atoms with Crippen LogP contribution in [0.15, 0.2) is 36.4 Å². The molecule has 0 unspecified atom stereocenters. The molecule has 2 aromatic carbocycles. The van der Waals surface area contributed by atoms with Crippen LogP contribution in [0.5, 0.6) is 0 Å². The molecule has 0 saturated heterocycles. The fraction of sp³-hybridized carbons (Fsp3) is 0.400. The van der Waals surface area contributed by atoms with Crippen LogP contribution >= 0.6 is 23.2 Å². The predicted octanol–water partition coefficient (Wildman–Crippen LogP) is 7.26. The number of hydrogen-bond donors (Lipinski definition) is 0. The number of benzene rings is 2. The van der Waals surface area contributed by atoms with E-state index in [1.54, 1.807) is 0 Å². The van der Waals surface area contributed by atoms with Crippen LogP contribution in [0.25, 0.3) is 11.1 Å². The maximum absolute atomic E-state index is 6.84. The zero-order chi connectivity index (χ0) is 16.7. The molecule has 0 nitrogen and oxygen atoms in total. The van der Waals surface area contributed by atoms with Crippen molar-refractivity contribution in [2.75, 3.05) is 0 Å². The molecule has 0 aliphatic rings. The van der Waals surface area contributed by atoms with Gasteiger partial charge in [0.2, 0.25) is 0 Å². The van der Waals surface area contributed by atoms with Crippen LogP contribution in [-0.2, 0) is 10.8 Å². The van der Waals surface area contributed by atoms with E-state index in [-0.39, 0.29) is 10.8 Å². The zero-order valence-electron chi connectivity index (χ0n) is 14.2. The van der Waals surface area contributed by atoms with Crippen LogP contribution in [0.3, 0.4) is 0 Å². The molecular weight excluding hydrogens is 311 g/mol. The first-order chi connectivity index (χ1) is 10.0. The molecule has 0 aromatic heterocycles. The van der Waals surface area contributed by atoms with E-state index in [1.165, 1.54) is 11.1 Å². The van der Waals surface area contributed by atoms with Gasteiger partial charge in [-0.25, -0.2) is 0 Å². The average molecular weight is 335 g/mol. The van der Waals surface area contributed by atoms with E-state index >= 15 is 0 Å². The minimum Gasteiger partial charge on any atom is -0.0843 e. The standard InChI is InChI=1S/C20H24Cl2/c1-19(2,3)16-11-10-15(13-8-7-9-14(21)12-13)17(18(16)22)20(4,5)6/h7-12H,1-6H3. The van der Waals surface area contributed by atoms with Crippen molar-refractivity contribution in [1.29, 1.82) is 0 Å². The van der Waals surface area contributed by atoms with Gasteiger partial charge >= 0.3 is 0 Å². The summed E-state index contributed by atoms with van der Waals surface area (Å²) in [6.45, 7) is 13.2. The van der Waals surface area contributed by atoms with Gasteiger partial charge in [-0.15, -0.1) is 0 Å². The van der Waals surface area contributed by atoms with Crippen molar-refractivity contribution >= 4 is 23.2 Å². The third-order valence-corrected chi connectivity index (χ3v) is 4.46. The van der Waals surface area contributed by atoms with E-state index in [0.717, 1.165) is 21.2 Å². The Kier molecular flexibility index (Phi) is 4.66. The number of hydrogen-bond acceptors (Lipinski definition) is 0. The molecule has 0 aliphatic heterocycles. The van der Waals surface area contributed by atoms with Gasteiger partial charge in [-0.05, 0) is 45.2 Å². The van der Waals surface area contributed by atoms with Crippen LogP contribution in [-0.4, -0.2) is 0 Å². The highest BCUT2D eigenvalue weighted by molar-refractivity contribution is 6.33. The molecule has 2 heteroatoms. The van der Waals surface area contributed by atoms with Gasteiger partial charge in [0.05, 0.1) is 0 Å². The summed E-state index contributed by atoms with van der Waals surface area (Å²) in [6.07, 6.45) is 0. The molecule has 0 saturated carbocycles. The summed E-state index contributed by atoms with van der Waals surface area (Å²) in [4.78, 5) is 0. The molecule has 0 radical (unpaired) electrons. The topological polar surface area (TPSA) is 0 Å². The Hall–Kier alpha value is -0.980. The molecular formula is C20H24Cl2. The van der Waals surface area contributed by atoms with Crippen molar-refractivity contribution in [3.05, 3.63) is 57.6 Å². The molecule has 22 heavy (non-hydrogen) atoms. The molecule has 0 fully saturated rings. The van der Waals surface area contributed by atoms with Crippen LogP contribution in [0, 0.1) is 0 Å². The molecule has 2 rings (SSSR count). The molecule has 0 atom stereocenters. The first-order valence-corrected chi connectivity index (χ1v) is 8.37. The highest BCUT2D eigenvalue weighted by Gasteiger charge is 2.27. The fourth-order valence-corrected chi connectivity index (χ4v) is 3.71. The van der Waals surface area contributed by atoms with Gasteiger partial charge < -0.3 is 0 Å². The highest BCUT2D eigenvalue weighted by Crippen LogP contribution is 2.43. The van der Waals surface area contributed by atoms with Crippen molar-refractivity contribution in [2.45, 2.75) is 52.4 Å². The number of halogens is 2. The van der Waals surface area contributed by atoms with Crippen molar-refractivity contribution in [2.24, 2.45) is 0 Å². The summed E-state index contributed by atoms with van der Waals surface area (Å²) in [6, 6.07) is 12.3. The monoisotopic (exact) mass is 334 g/mol. The zero-order valence-corrected chi connectivity index (χ0v) is 15.7. The summed E-state index contributed by atoms with van der Waals surface area (Å²) >= 11 is 13.0. The lowest BCUT2D eigenvalue weighted by atomic mass is 9.77. The van der Waals surface area contributed by atoms with Crippen LogP contribution in [0.2, 0.25) is 10.0 Å². The smallest absolute Gasteiger partial charge is 0.0486 e. The van der Waals surface area contributed by atoms with Gasteiger partial charge in [-0.1, -0.05) is 89.0 Å². The normalized spacial score (nSPS) is 12.5. The molecule has 118 valence electrons. The molecule has 0 amide bonds. The van der Waals surface area contributed by atoms with Crippen LogP contribution in [0.1, 0.15) is 52.7 Å². The summed E-state index contributed by atoms with van der Waals surface area (Å²) in [5.74, 6) is 0. The van der Waals surface area contributed by atoms with Gasteiger partial charge in [-0.3, -0.25) is 0 Å². The Bertz CT molecular complexity index is 686. The molecule has 0 heterocycles. The van der Waals surface area contributed by atoms with E-state index in [4.69, 9.17) is 23.2 Å². The quantitative estimate of drug-likeness (QED) is 0.514. The molecule has 0 aliphatic carbocycles. The van der Waals surface area contributed by atoms with E-state index in [9.17, 15) is 0 Å². The highest BCUT2D eigenvalue weighted by atomic mass is 35.5. The molecule has 2 aromatic rings. The van der Waals surface area contributed by atoms with Gasteiger partial charge in [0.15, 0.2) is 0 Å². The maximum atomic E-state index is 6.84. The lowest BCUT2D eigenvalue weighted by Crippen LogP contribution is -2.19. The van der Waals surface area contributed by atoms with Crippen molar-refractivity contribution < 1.29 is 0 Å². The Morgan fingerprint density at radius 3 is 1.91 bits per heavy atom. The van der Waals surface area contributed by atoms with Crippen LogP contribution in [0.4, 0.5) is 0 Å². The summed E-state index contributed by atoms with van der Waals surface area (Å²) in [5, 5.41) is 1.62. The molecule has 0 spiro atoms. The third kappa shape index (κ3) is 3.50. The summed E-state index contributed by atoms with van der Waals surface area (Å²) < 4.78 is 0. The van der Waals surface area contributed by atoms with E-state index in [2.05, 4.69) is 59.7 Å². The number of rotatable bonds is 1. The summed E-state index contributed by atoms with van der Waals surface area (Å²) in [7, 11) is 0. The minimum absolute atomic E-state index is 0.0178. The van der Waals surface area contributed by atoms with E-state index < -0.39 is 0 Å². The van der Waals surface area contributed by atoms with E-state index in [0.29, 0.717) is 0 Å². The van der Waals surface area contributed by atoms with E-state index in [1.807, 2.05) is 18.2 Å². The maximum Gasteiger partial charge on any atom is 0.0486 e. The Morgan fingerprint density at radius 2 is 1.41 bits per heavy atom. The Labute approximate surface area is 144 Å². The van der Waals surface area contributed by atoms with Gasteiger partial charge in [0.1, 0.15) is 0 Å². The fourth-order valence-electron chi connectivity index (χ4n) is 2.79. The van der Waals surface area contributed by atoms with Crippen molar-refractivity contribution in [3.63, 3.8) is 0 Å². The van der Waals surface area contributed by atoms with Gasteiger partial charge in [0.25, 0.3) is 0 Å². The predicted molar refractivity (Wildman–Crippen MR) is 99.3 cm³/mol. The largest absolute Gasteiger partial charge is 0.0843 e. The van der Waals surface area contributed by atoms with Crippen LogP contribution < -0.4 is 0 Å². The first kappa shape index (κ1) is 17.4. The SMILES string of the molecule is CC(C)(C)c1ccc(-c2cccc(Cl)c2)c(C(C)(C)C)c1Cl. The Morgan fingerprint density at radius 1 is 0.773 bits per heavy atom.